The van der Waals surface area contributed by atoms with E-state index in [-0.39, 0.29) is 25.1 Å². The molecular formula is C24H33ClN2O5S. The van der Waals surface area contributed by atoms with Crippen molar-refractivity contribution in [2.24, 2.45) is 0 Å². The number of hydrogen-bond donors (Lipinski definition) is 1. The van der Waals surface area contributed by atoms with Gasteiger partial charge in [0.15, 0.2) is 0 Å². The number of benzene rings is 1. The van der Waals surface area contributed by atoms with Gasteiger partial charge in [-0.3, -0.25) is 9.69 Å². The van der Waals surface area contributed by atoms with Gasteiger partial charge in [-0.15, -0.1) is 11.3 Å². The van der Waals surface area contributed by atoms with Gasteiger partial charge in [0.05, 0.1) is 31.9 Å². The van der Waals surface area contributed by atoms with Crippen LogP contribution in [-0.4, -0.2) is 86.6 Å². The zero-order chi connectivity index (χ0) is 23.6. The Kier molecular flexibility index (Phi) is 10.4. The normalized spacial score (nSPS) is 16.6. The third kappa shape index (κ3) is 7.67. The standard InChI is InChI=1S/C24H33ClN2O5S/c1-3-31-16-19(28)14-26(11-12-30-2)15-24(29)27-10-8-23-21(9-13-33-23)22(27)17-32-20-6-4-18(25)5-7-20/h4-7,9,13,19,22,28H,3,8,10-12,14-17H2,1-2H3/t19-,22+/m0/s1. The van der Waals surface area contributed by atoms with Crippen LogP contribution >= 0.6 is 22.9 Å². The van der Waals surface area contributed by atoms with Crippen LogP contribution in [0.4, 0.5) is 0 Å². The third-order valence-electron chi connectivity index (χ3n) is 5.59. The van der Waals surface area contributed by atoms with Gasteiger partial charge in [0, 0.05) is 43.3 Å². The van der Waals surface area contributed by atoms with E-state index in [2.05, 4.69) is 11.4 Å². The number of hydrogen-bond acceptors (Lipinski definition) is 7. The molecule has 1 aliphatic heterocycles. The molecule has 0 saturated carbocycles. The first kappa shape index (κ1) is 25.9. The van der Waals surface area contributed by atoms with E-state index in [1.54, 1.807) is 30.6 Å². The van der Waals surface area contributed by atoms with Gasteiger partial charge in [0.2, 0.25) is 5.91 Å². The molecule has 0 spiro atoms. The molecule has 0 radical (unpaired) electrons. The van der Waals surface area contributed by atoms with E-state index in [9.17, 15) is 9.90 Å². The van der Waals surface area contributed by atoms with Crippen LogP contribution in [0.3, 0.4) is 0 Å². The summed E-state index contributed by atoms with van der Waals surface area (Å²) in [4.78, 5) is 18.6. The highest BCUT2D eigenvalue weighted by Crippen LogP contribution is 2.34. The fraction of sp³-hybridized carbons (Fsp3) is 0.542. The van der Waals surface area contributed by atoms with E-state index in [1.807, 2.05) is 28.9 Å². The number of halogens is 1. The Balaban J connectivity index is 1.68. The molecule has 1 aromatic carbocycles. The van der Waals surface area contributed by atoms with Crippen LogP contribution in [-0.2, 0) is 20.7 Å². The van der Waals surface area contributed by atoms with Gasteiger partial charge >= 0.3 is 0 Å². The van der Waals surface area contributed by atoms with Crippen LogP contribution in [0, 0.1) is 0 Å². The number of carbonyl (C=O) groups excluding carboxylic acids is 1. The van der Waals surface area contributed by atoms with E-state index in [4.69, 9.17) is 25.8 Å². The lowest BCUT2D eigenvalue weighted by atomic mass is 10.0. The van der Waals surface area contributed by atoms with Gasteiger partial charge in [0.1, 0.15) is 12.4 Å². The van der Waals surface area contributed by atoms with Crippen LogP contribution in [0.1, 0.15) is 23.4 Å². The van der Waals surface area contributed by atoms with Crippen molar-refractivity contribution in [3.63, 3.8) is 0 Å². The summed E-state index contributed by atoms with van der Waals surface area (Å²) in [5.74, 6) is 0.728. The fourth-order valence-corrected chi connectivity index (χ4v) is 4.98. The quantitative estimate of drug-likeness (QED) is 0.459. The number of thiophene rings is 1. The monoisotopic (exact) mass is 496 g/mol. The summed E-state index contributed by atoms with van der Waals surface area (Å²) in [6.07, 6.45) is 0.171. The molecule has 1 aromatic heterocycles. The van der Waals surface area contributed by atoms with Crippen molar-refractivity contribution in [3.8, 4) is 5.75 Å². The molecule has 182 valence electrons. The maximum Gasteiger partial charge on any atom is 0.237 e. The molecule has 7 nitrogen and oxygen atoms in total. The number of aliphatic hydroxyl groups excluding tert-OH is 1. The SMILES string of the molecule is CCOC[C@@H](O)CN(CCOC)CC(=O)N1CCc2sccc2[C@H]1COc1ccc(Cl)cc1. The zero-order valence-electron chi connectivity index (χ0n) is 19.2. The first-order valence-electron chi connectivity index (χ1n) is 11.2. The van der Waals surface area contributed by atoms with Crippen molar-refractivity contribution in [2.45, 2.75) is 25.5 Å². The Morgan fingerprint density at radius 2 is 2.12 bits per heavy atom. The molecule has 2 heterocycles. The molecule has 0 unspecified atom stereocenters. The van der Waals surface area contributed by atoms with Crippen molar-refractivity contribution in [1.29, 1.82) is 0 Å². The van der Waals surface area contributed by atoms with Gasteiger partial charge in [-0.05, 0) is 54.6 Å². The summed E-state index contributed by atoms with van der Waals surface area (Å²) in [7, 11) is 1.63. The maximum atomic E-state index is 13.4. The van der Waals surface area contributed by atoms with Crippen LogP contribution in [0.15, 0.2) is 35.7 Å². The highest BCUT2D eigenvalue weighted by Gasteiger charge is 2.33. The molecule has 0 fully saturated rings. The van der Waals surface area contributed by atoms with Gasteiger partial charge in [-0.2, -0.15) is 0 Å². The molecule has 33 heavy (non-hydrogen) atoms. The summed E-state index contributed by atoms with van der Waals surface area (Å²) in [5, 5.41) is 13.0. The number of nitrogens with zero attached hydrogens (tertiary/aromatic N) is 2. The molecule has 9 heteroatoms. The predicted molar refractivity (Wildman–Crippen MR) is 130 cm³/mol. The number of aliphatic hydroxyl groups is 1. The Bertz CT molecular complexity index is 863. The van der Waals surface area contributed by atoms with Gasteiger partial charge in [-0.25, -0.2) is 0 Å². The summed E-state index contributed by atoms with van der Waals surface area (Å²) in [5.41, 5.74) is 1.15. The van der Waals surface area contributed by atoms with Crippen molar-refractivity contribution >= 4 is 28.8 Å². The second kappa shape index (κ2) is 13.3. The third-order valence-corrected chi connectivity index (χ3v) is 6.84. The number of rotatable bonds is 13. The number of fused-ring (bicyclic) bond motifs is 1. The van der Waals surface area contributed by atoms with Crippen molar-refractivity contribution in [2.75, 3.05) is 59.7 Å². The Hall–Kier alpha value is -1.68. The summed E-state index contributed by atoms with van der Waals surface area (Å²) in [6, 6.07) is 9.16. The van der Waals surface area contributed by atoms with Gasteiger partial charge in [0.25, 0.3) is 0 Å². The Labute approximate surface area is 204 Å². The summed E-state index contributed by atoms with van der Waals surface area (Å²) < 4.78 is 16.6. The van der Waals surface area contributed by atoms with E-state index < -0.39 is 6.10 Å². The summed E-state index contributed by atoms with van der Waals surface area (Å²) in [6.45, 7) is 5.25. The predicted octanol–water partition coefficient (Wildman–Crippen LogP) is 3.25. The lowest BCUT2D eigenvalue weighted by Gasteiger charge is -2.37. The number of ether oxygens (including phenoxy) is 3. The minimum absolute atomic E-state index is 0.0104. The fourth-order valence-electron chi connectivity index (χ4n) is 3.92. The minimum atomic E-state index is -0.663. The molecule has 0 saturated heterocycles. The smallest absolute Gasteiger partial charge is 0.237 e. The average molecular weight is 497 g/mol. The second-order valence-corrected chi connectivity index (χ2v) is 9.40. The lowest BCUT2D eigenvalue weighted by Crippen LogP contribution is -2.48. The van der Waals surface area contributed by atoms with E-state index in [0.29, 0.717) is 44.5 Å². The van der Waals surface area contributed by atoms with E-state index >= 15 is 0 Å². The minimum Gasteiger partial charge on any atom is -0.491 e. The Morgan fingerprint density at radius 3 is 2.85 bits per heavy atom. The first-order valence-corrected chi connectivity index (χ1v) is 12.5. The van der Waals surface area contributed by atoms with Gasteiger partial charge < -0.3 is 24.2 Å². The molecule has 0 bridgehead atoms. The number of methoxy groups -OCH3 is 1. The molecule has 0 aliphatic carbocycles. The molecule has 1 aliphatic rings. The topological polar surface area (TPSA) is 71.5 Å². The highest BCUT2D eigenvalue weighted by molar-refractivity contribution is 7.10. The largest absolute Gasteiger partial charge is 0.491 e. The van der Waals surface area contributed by atoms with E-state index in [1.165, 1.54) is 4.88 Å². The van der Waals surface area contributed by atoms with Crippen LogP contribution < -0.4 is 4.74 Å². The first-order chi connectivity index (χ1) is 16.0. The van der Waals surface area contributed by atoms with Crippen molar-refractivity contribution < 1.29 is 24.1 Å². The number of amides is 1. The molecule has 1 amide bonds. The van der Waals surface area contributed by atoms with E-state index in [0.717, 1.165) is 17.7 Å². The lowest BCUT2D eigenvalue weighted by molar-refractivity contribution is -0.136. The molecule has 2 aromatic rings. The van der Waals surface area contributed by atoms with Gasteiger partial charge in [-0.1, -0.05) is 11.6 Å². The average Bonchev–Trinajstić information content (AvgIpc) is 3.29. The van der Waals surface area contributed by atoms with Crippen molar-refractivity contribution in [1.82, 2.24) is 9.80 Å². The highest BCUT2D eigenvalue weighted by atomic mass is 35.5. The molecule has 1 N–H and O–H groups in total. The van der Waals surface area contributed by atoms with Crippen LogP contribution in [0.2, 0.25) is 5.02 Å². The Morgan fingerprint density at radius 1 is 1.33 bits per heavy atom. The molecule has 2 atom stereocenters. The zero-order valence-corrected chi connectivity index (χ0v) is 20.8. The second-order valence-electron chi connectivity index (χ2n) is 7.96. The summed E-state index contributed by atoms with van der Waals surface area (Å²) >= 11 is 7.70. The van der Waals surface area contributed by atoms with Crippen LogP contribution in [0.5, 0.6) is 5.75 Å². The molecule has 3 rings (SSSR count). The number of carbonyl (C=O) groups is 1. The van der Waals surface area contributed by atoms with Crippen LogP contribution in [0.25, 0.3) is 0 Å². The van der Waals surface area contributed by atoms with Crippen molar-refractivity contribution in [3.05, 3.63) is 51.2 Å². The molecular weight excluding hydrogens is 464 g/mol. The maximum absolute atomic E-state index is 13.4.